The van der Waals surface area contributed by atoms with E-state index in [0.29, 0.717) is 0 Å². The summed E-state index contributed by atoms with van der Waals surface area (Å²) in [7, 11) is 0. The number of terminal acetylenes is 1. The molecule has 1 aromatic rings. The molecule has 0 fully saturated rings. The van der Waals surface area contributed by atoms with Crippen LogP contribution in [-0.2, 0) is 6.18 Å². The topological polar surface area (TPSA) is 29.5 Å². The van der Waals surface area contributed by atoms with E-state index >= 15 is 0 Å². The summed E-state index contributed by atoms with van der Waals surface area (Å²) < 4.78 is 41.8. The van der Waals surface area contributed by atoms with Crippen molar-refractivity contribution < 1.29 is 23.0 Å². The lowest BCUT2D eigenvalue weighted by molar-refractivity contribution is -0.137. The highest BCUT2D eigenvalue weighted by atomic mass is 19.4. The Morgan fingerprint density at radius 3 is 2.69 bits per heavy atom. The van der Waals surface area contributed by atoms with Crippen LogP contribution < -0.4 is 4.74 Å². The summed E-state index contributed by atoms with van der Waals surface area (Å²) in [5.74, 6) is 2.01. The molecule has 0 saturated carbocycles. The maximum Gasteiger partial charge on any atom is 0.416 e. The highest BCUT2D eigenvalue weighted by Gasteiger charge is 2.30. The average molecular weight is 230 g/mol. The second-order valence-electron chi connectivity index (χ2n) is 3.02. The number of aliphatic hydroxyl groups excluding tert-OH is 1. The van der Waals surface area contributed by atoms with E-state index in [9.17, 15) is 13.2 Å². The first kappa shape index (κ1) is 12.4. The molecule has 0 saturated heterocycles. The van der Waals surface area contributed by atoms with Gasteiger partial charge in [-0.1, -0.05) is 12.0 Å². The molecule has 0 aromatic heterocycles. The molecule has 0 unspecified atom stereocenters. The summed E-state index contributed by atoms with van der Waals surface area (Å²) >= 11 is 0. The molecule has 0 radical (unpaired) electrons. The van der Waals surface area contributed by atoms with Crippen LogP contribution in [-0.4, -0.2) is 17.8 Å². The van der Waals surface area contributed by atoms with Crippen molar-refractivity contribution in [1.82, 2.24) is 0 Å². The molecule has 1 aromatic carbocycles. The van der Waals surface area contributed by atoms with Gasteiger partial charge >= 0.3 is 6.18 Å². The second kappa shape index (κ2) is 4.90. The third-order valence-corrected chi connectivity index (χ3v) is 1.76. The molecule has 0 heterocycles. The van der Waals surface area contributed by atoms with Crippen molar-refractivity contribution in [2.45, 2.75) is 12.3 Å². The van der Waals surface area contributed by atoms with Gasteiger partial charge in [0, 0.05) is 0 Å². The zero-order valence-corrected chi connectivity index (χ0v) is 8.16. The maximum atomic E-state index is 12.3. The van der Waals surface area contributed by atoms with Crippen molar-refractivity contribution in [3.63, 3.8) is 0 Å². The van der Waals surface area contributed by atoms with Gasteiger partial charge in [0.1, 0.15) is 18.5 Å². The molecule has 86 valence electrons. The predicted molar refractivity (Wildman–Crippen MR) is 51.8 cm³/mol. The van der Waals surface area contributed by atoms with Crippen LogP contribution in [0.1, 0.15) is 5.56 Å². The van der Waals surface area contributed by atoms with Crippen molar-refractivity contribution in [3.05, 3.63) is 29.8 Å². The first-order valence-electron chi connectivity index (χ1n) is 4.37. The smallest absolute Gasteiger partial charge is 0.416 e. The van der Waals surface area contributed by atoms with Gasteiger partial charge in [-0.15, -0.1) is 6.42 Å². The van der Waals surface area contributed by atoms with Crippen LogP contribution >= 0.6 is 0 Å². The van der Waals surface area contributed by atoms with E-state index in [1.807, 2.05) is 5.92 Å². The highest BCUT2D eigenvalue weighted by Crippen LogP contribution is 2.31. The van der Waals surface area contributed by atoms with Gasteiger partial charge in [-0.2, -0.15) is 13.2 Å². The molecule has 5 heteroatoms. The molecule has 0 bridgehead atoms. The Bertz CT molecular complexity index is 393. The molecular formula is C11H9F3O2. The number of alkyl halides is 3. The Hall–Kier alpha value is -1.67. The van der Waals surface area contributed by atoms with Crippen LogP contribution in [0.4, 0.5) is 13.2 Å². The fourth-order valence-electron chi connectivity index (χ4n) is 0.985. The van der Waals surface area contributed by atoms with Gasteiger partial charge < -0.3 is 9.84 Å². The van der Waals surface area contributed by atoms with E-state index < -0.39 is 17.8 Å². The molecule has 0 spiro atoms. The summed E-state index contributed by atoms with van der Waals surface area (Å²) in [6.45, 7) is -0.238. The van der Waals surface area contributed by atoms with Gasteiger partial charge in [-0.05, 0) is 18.2 Å². The van der Waals surface area contributed by atoms with Gasteiger partial charge in [0.15, 0.2) is 0 Å². The summed E-state index contributed by atoms with van der Waals surface area (Å²) in [6, 6.07) is 4.37. The standard InChI is InChI=1S/C11H9F3O2/c1-2-9(15)7-16-10-5-3-4-8(6-10)11(12,13)14/h1,3-6,9,15H,7H2/t9-/m0/s1. The van der Waals surface area contributed by atoms with E-state index in [-0.39, 0.29) is 12.4 Å². The van der Waals surface area contributed by atoms with Gasteiger partial charge in [0.05, 0.1) is 5.56 Å². The minimum Gasteiger partial charge on any atom is -0.490 e. The van der Waals surface area contributed by atoms with Crippen LogP contribution in [0.15, 0.2) is 24.3 Å². The SMILES string of the molecule is C#C[C@H](O)COc1cccc(C(F)(F)F)c1. The quantitative estimate of drug-likeness (QED) is 0.805. The maximum absolute atomic E-state index is 12.3. The van der Waals surface area contributed by atoms with Crippen LogP contribution in [0.3, 0.4) is 0 Å². The minimum atomic E-state index is -4.41. The molecule has 0 aliphatic carbocycles. The fraction of sp³-hybridized carbons (Fsp3) is 0.273. The molecule has 1 rings (SSSR count). The van der Waals surface area contributed by atoms with Gasteiger partial charge in [0.25, 0.3) is 0 Å². The normalized spacial score (nSPS) is 12.9. The van der Waals surface area contributed by atoms with E-state index in [0.717, 1.165) is 12.1 Å². The first-order valence-corrected chi connectivity index (χ1v) is 4.37. The Labute approximate surface area is 90.7 Å². The number of hydrogen-bond acceptors (Lipinski definition) is 2. The zero-order valence-electron chi connectivity index (χ0n) is 8.16. The number of benzene rings is 1. The molecule has 1 N–H and O–H groups in total. The van der Waals surface area contributed by atoms with E-state index in [2.05, 4.69) is 0 Å². The molecule has 2 nitrogen and oxygen atoms in total. The molecule has 1 atom stereocenters. The summed E-state index contributed by atoms with van der Waals surface area (Å²) in [5.41, 5.74) is -0.805. The number of halogens is 3. The zero-order chi connectivity index (χ0) is 12.2. The third-order valence-electron chi connectivity index (χ3n) is 1.76. The largest absolute Gasteiger partial charge is 0.490 e. The van der Waals surface area contributed by atoms with Crippen molar-refractivity contribution in [2.75, 3.05) is 6.61 Å². The minimum absolute atomic E-state index is 0.0177. The summed E-state index contributed by atoms with van der Waals surface area (Å²) in [6.07, 6.45) is -0.667. The van der Waals surface area contributed by atoms with Gasteiger partial charge in [0.2, 0.25) is 0 Å². The van der Waals surface area contributed by atoms with Gasteiger partial charge in [-0.3, -0.25) is 0 Å². The van der Waals surface area contributed by atoms with Crippen molar-refractivity contribution in [3.8, 4) is 18.1 Å². The van der Waals surface area contributed by atoms with Crippen LogP contribution in [0.25, 0.3) is 0 Å². The molecule has 0 aliphatic heterocycles. The monoisotopic (exact) mass is 230 g/mol. The Morgan fingerprint density at radius 1 is 1.44 bits per heavy atom. The molecule has 0 aliphatic rings. The summed E-state index contributed by atoms with van der Waals surface area (Å²) in [5, 5.41) is 8.97. The van der Waals surface area contributed by atoms with E-state index in [4.69, 9.17) is 16.3 Å². The number of aliphatic hydroxyl groups is 1. The lowest BCUT2D eigenvalue weighted by Crippen LogP contribution is -2.15. The lowest BCUT2D eigenvalue weighted by Gasteiger charge is -2.10. The molecular weight excluding hydrogens is 221 g/mol. The van der Waals surface area contributed by atoms with E-state index in [1.54, 1.807) is 0 Å². The van der Waals surface area contributed by atoms with Crippen LogP contribution in [0.2, 0.25) is 0 Å². The van der Waals surface area contributed by atoms with Crippen molar-refractivity contribution in [2.24, 2.45) is 0 Å². The highest BCUT2D eigenvalue weighted by molar-refractivity contribution is 5.30. The molecule has 16 heavy (non-hydrogen) atoms. The Morgan fingerprint density at radius 2 is 2.12 bits per heavy atom. The third kappa shape index (κ3) is 3.48. The number of ether oxygens (including phenoxy) is 1. The number of rotatable bonds is 3. The van der Waals surface area contributed by atoms with Crippen molar-refractivity contribution in [1.29, 1.82) is 0 Å². The van der Waals surface area contributed by atoms with Gasteiger partial charge in [-0.25, -0.2) is 0 Å². The average Bonchev–Trinajstić information content (AvgIpc) is 2.25. The Kier molecular flexibility index (Phi) is 3.80. The molecule has 0 amide bonds. The fourth-order valence-corrected chi connectivity index (χ4v) is 0.985. The summed E-state index contributed by atoms with van der Waals surface area (Å²) in [4.78, 5) is 0. The van der Waals surface area contributed by atoms with Crippen LogP contribution in [0.5, 0.6) is 5.75 Å². The second-order valence-corrected chi connectivity index (χ2v) is 3.02. The van der Waals surface area contributed by atoms with Crippen LogP contribution in [0, 0.1) is 12.3 Å². The first-order chi connectivity index (χ1) is 7.43. The van der Waals surface area contributed by atoms with Crippen molar-refractivity contribution >= 4 is 0 Å². The predicted octanol–water partition coefficient (Wildman–Crippen LogP) is 2.08. The van der Waals surface area contributed by atoms with E-state index in [1.165, 1.54) is 12.1 Å². The lowest BCUT2D eigenvalue weighted by atomic mass is 10.2. The number of hydrogen-bond donors (Lipinski definition) is 1. The Balaban J connectivity index is 2.73.